The first-order chi connectivity index (χ1) is 12.9. The zero-order chi connectivity index (χ0) is 19.4. The van der Waals surface area contributed by atoms with Crippen LogP contribution in [0, 0.1) is 0 Å². The molecule has 0 saturated heterocycles. The van der Waals surface area contributed by atoms with Crippen molar-refractivity contribution in [1.29, 1.82) is 0 Å². The molecule has 0 atom stereocenters. The van der Waals surface area contributed by atoms with Crippen molar-refractivity contribution in [2.75, 3.05) is 5.32 Å². The minimum atomic E-state index is -3.63. The van der Waals surface area contributed by atoms with Gasteiger partial charge in [0, 0.05) is 11.1 Å². The van der Waals surface area contributed by atoms with E-state index in [2.05, 4.69) is 5.32 Å². The topological polar surface area (TPSA) is 80.3 Å². The summed E-state index contributed by atoms with van der Waals surface area (Å²) in [7, 11) is -3.63. The molecule has 1 N–H and O–H groups in total. The van der Waals surface area contributed by atoms with E-state index in [1.54, 1.807) is 42.5 Å². The van der Waals surface area contributed by atoms with E-state index in [1.165, 1.54) is 43.3 Å². The number of carbonyl (C=O) groups is 2. The Kier molecular flexibility index (Phi) is 5.19. The number of para-hydroxylation sites is 1. The molecule has 0 radical (unpaired) electrons. The van der Waals surface area contributed by atoms with E-state index in [1.807, 2.05) is 0 Å². The lowest BCUT2D eigenvalue weighted by molar-refractivity contribution is 0.101. The maximum Gasteiger partial charge on any atom is 0.255 e. The molecular weight excluding hydrogens is 362 g/mol. The van der Waals surface area contributed by atoms with Crippen LogP contribution in [0.4, 0.5) is 5.69 Å². The number of carbonyl (C=O) groups excluding carboxylic acids is 2. The van der Waals surface area contributed by atoms with Crippen LogP contribution in [0.25, 0.3) is 0 Å². The Morgan fingerprint density at radius 2 is 1.30 bits per heavy atom. The highest BCUT2D eigenvalue weighted by Crippen LogP contribution is 2.22. The van der Waals surface area contributed by atoms with E-state index in [0.717, 1.165) is 0 Å². The van der Waals surface area contributed by atoms with Crippen molar-refractivity contribution in [3.05, 3.63) is 90.0 Å². The number of ketones is 1. The van der Waals surface area contributed by atoms with Crippen LogP contribution in [0.3, 0.4) is 0 Å². The number of benzene rings is 3. The fourth-order valence-electron chi connectivity index (χ4n) is 2.61. The minimum Gasteiger partial charge on any atom is -0.321 e. The molecule has 1 amide bonds. The largest absolute Gasteiger partial charge is 0.321 e. The number of sulfone groups is 1. The Morgan fingerprint density at radius 3 is 1.93 bits per heavy atom. The van der Waals surface area contributed by atoms with Gasteiger partial charge in [-0.2, -0.15) is 0 Å². The first-order valence-corrected chi connectivity index (χ1v) is 9.69. The average Bonchev–Trinajstić information content (AvgIpc) is 2.69. The maximum atomic E-state index is 12.6. The lowest BCUT2D eigenvalue weighted by Gasteiger charge is -2.10. The predicted molar refractivity (Wildman–Crippen MR) is 103 cm³/mol. The van der Waals surface area contributed by atoms with E-state index in [4.69, 9.17) is 0 Å². The minimum absolute atomic E-state index is 0.106. The van der Waals surface area contributed by atoms with Crippen molar-refractivity contribution in [2.45, 2.75) is 16.7 Å². The molecule has 0 unspecified atom stereocenters. The molecule has 0 heterocycles. The zero-order valence-electron chi connectivity index (χ0n) is 14.5. The molecule has 6 heteroatoms. The van der Waals surface area contributed by atoms with Gasteiger partial charge in [0.25, 0.3) is 5.91 Å². The second-order valence-corrected chi connectivity index (χ2v) is 7.85. The summed E-state index contributed by atoms with van der Waals surface area (Å²) >= 11 is 0. The van der Waals surface area contributed by atoms with Crippen molar-refractivity contribution in [2.24, 2.45) is 0 Å². The summed E-state index contributed by atoms with van der Waals surface area (Å²) in [5, 5.41) is 2.69. The van der Waals surface area contributed by atoms with Gasteiger partial charge >= 0.3 is 0 Å². The van der Waals surface area contributed by atoms with Crippen molar-refractivity contribution in [3.63, 3.8) is 0 Å². The van der Waals surface area contributed by atoms with E-state index in [-0.39, 0.29) is 15.6 Å². The second-order valence-electron chi connectivity index (χ2n) is 5.90. The molecule has 3 aromatic rings. The van der Waals surface area contributed by atoms with Gasteiger partial charge in [0.2, 0.25) is 9.84 Å². The van der Waals surface area contributed by atoms with Crippen LogP contribution in [0.1, 0.15) is 27.6 Å². The smallest absolute Gasteiger partial charge is 0.255 e. The molecule has 136 valence electrons. The summed E-state index contributed by atoms with van der Waals surface area (Å²) in [6.45, 7) is 1.42. The molecule has 0 aromatic heterocycles. The van der Waals surface area contributed by atoms with Crippen LogP contribution in [0.2, 0.25) is 0 Å². The summed E-state index contributed by atoms with van der Waals surface area (Å²) in [4.78, 5) is 24.4. The molecule has 0 fully saturated rings. The Balaban J connectivity index is 1.84. The molecule has 0 aliphatic heterocycles. The number of hydrogen-bond acceptors (Lipinski definition) is 4. The predicted octanol–water partition coefficient (Wildman–Crippen LogP) is 3.97. The highest BCUT2D eigenvalue weighted by Gasteiger charge is 2.18. The van der Waals surface area contributed by atoms with Crippen LogP contribution in [-0.2, 0) is 9.84 Å². The first-order valence-electron chi connectivity index (χ1n) is 8.21. The third kappa shape index (κ3) is 3.96. The standard InChI is InChI=1S/C21H17NO4S/c1-15(23)19-9-5-6-10-20(19)22-21(24)16-11-13-18(14-12-16)27(25,26)17-7-3-2-4-8-17/h2-14H,1H3,(H,22,24). The van der Waals surface area contributed by atoms with Crippen LogP contribution in [0.15, 0.2) is 88.7 Å². The normalized spacial score (nSPS) is 11.0. The summed E-state index contributed by atoms with van der Waals surface area (Å²) in [5.41, 5.74) is 1.12. The lowest BCUT2D eigenvalue weighted by Crippen LogP contribution is -2.14. The summed E-state index contributed by atoms with van der Waals surface area (Å²) < 4.78 is 25.2. The van der Waals surface area contributed by atoms with Crippen LogP contribution >= 0.6 is 0 Å². The highest BCUT2D eigenvalue weighted by atomic mass is 32.2. The third-order valence-electron chi connectivity index (χ3n) is 4.03. The highest BCUT2D eigenvalue weighted by molar-refractivity contribution is 7.91. The molecule has 27 heavy (non-hydrogen) atoms. The number of Topliss-reactive ketones (excluding diaryl/α,β-unsaturated/α-hetero) is 1. The monoisotopic (exact) mass is 379 g/mol. The Bertz CT molecular complexity index is 1090. The zero-order valence-corrected chi connectivity index (χ0v) is 15.4. The molecular formula is C21H17NO4S. The number of amides is 1. The van der Waals surface area contributed by atoms with Gasteiger partial charge < -0.3 is 5.32 Å². The SMILES string of the molecule is CC(=O)c1ccccc1NC(=O)c1ccc(S(=O)(=O)c2ccccc2)cc1. The van der Waals surface area contributed by atoms with Gasteiger partial charge in [-0.05, 0) is 55.5 Å². The molecule has 0 saturated carbocycles. The van der Waals surface area contributed by atoms with Crippen LogP contribution < -0.4 is 5.32 Å². The van der Waals surface area contributed by atoms with Gasteiger partial charge in [-0.15, -0.1) is 0 Å². The fraction of sp³-hybridized carbons (Fsp3) is 0.0476. The summed E-state index contributed by atoms with van der Waals surface area (Å²) in [6.07, 6.45) is 0. The van der Waals surface area contributed by atoms with E-state index < -0.39 is 15.7 Å². The molecule has 3 rings (SSSR count). The Morgan fingerprint density at radius 1 is 0.741 bits per heavy atom. The van der Waals surface area contributed by atoms with Crippen molar-refractivity contribution in [3.8, 4) is 0 Å². The Hall–Kier alpha value is -3.25. The third-order valence-corrected chi connectivity index (χ3v) is 5.82. The van der Waals surface area contributed by atoms with Crippen LogP contribution in [-0.4, -0.2) is 20.1 Å². The lowest BCUT2D eigenvalue weighted by atomic mass is 10.1. The van der Waals surface area contributed by atoms with Crippen LogP contribution in [0.5, 0.6) is 0 Å². The molecule has 0 aliphatic rings. The summed E-state index contributed by atoms with van der Waals surface area (Å²) in [6, 6.07) is 20.5. The quantitative estimate of drug-likeness (QED) is 0.680. The van der Waals surface area contributed by atoms with Crippen molar-refractivity contribution in [1.82, 2.24) is 0 Å². The van der Waals surface area contributed by atoms with Gasteiger partial charge in [-0.25, -0.2) is 8.42 Å². The van der Waals surface area contributed by atoms with Crippen molar-refractivity contribution >= 4 is 27.2 Å². The number of hydrogen-bond donors (Lipinski definition) is 1. The molecule has 0 aliphatic carbocycles. The number of anilines is 1. The maximum absolute atomic E-state index is 12.6. The molecule has 0 bridgehead atoms. The second kappa shape index (κ2) is 7.55. The van der Waals surface area contributed by atoms with Crippen molar-refractivity contribution < 1.29 is 18.0 Å². The van der Waals surface area contributed by atoms with E-state index in [0.29, 0.717) is 16.8 Å². The number of rotatable bonds is 5. The van der Waals surface area contributed by atoms with Gasteiger partial charge in [-0.1, -0.05) is 30.3 Å². The summed E-state index contributed by atoms with van der Waals surface area (Å²) in [5.74, 6) is -0.581. The van der Waals surface area contributed by atoms with Gasteiger partial charge in [0.05, 0.1) is 15.5 Å². The molecule has 5 nitrogen and oxygen atoms in total. The first kappa shape index (κ1) is 18.5. The van der Waals surface area contributed by atoms with E-state index >= 15 is 0 Å². The fourth-order valence-corrected chi connectivity index (χ4v) is 3.90. The van der Waals surface area contributed by atoms with E-state index in [9.17, 15) is 18.0 Å². The molecule has 0 spiro atoms. The Labute approximate surface area is 157 Å². The van der Waals surface area contributed by atoms with Gasteiger partial charge in [-0.3, -0.25) is 9.59 Å². The van der Waals surface area contributed by atoms with Gasteiger partial charge in [0.1, 0.15) is 0 Å². The van der Waals surface area contributed by atoms with Gasteiger partial charge in [0.15, 0.2) is 5.78 Å². The average molecular weight is 379 g/mol. The number of nitrogens with one attached hydrogen (secondary N) is 1. The molecule has 3 aromatic carbocycles.